The second-order valence-electron chi connectivity index (χ2n) is 11.3. The number of nitrogen functional groups attached to an aromatic ring is 1. The van der Waals surface area contributed by atoms with Crippen molar-refractivity contribution in [2.45, 2.75) is 25.0 Å². The van der Waals surface area contributed by atoms with E-state index < -0.39 is 0 Å². The van der Waals surface area contributed by atoms with Gasteiger partial charge in [-0.05, 0) is 48.4 Å². The standard InChI is InChI=1S/C34H28N10/c35-17-24-15-31(39-21-38-24)42-19-26-16-27(20-42)43(26)18-22-8-10-25(11-9-22)44-33(28-7-4-14-37-32(28)36)41-30-13-12-29(40-34(30)44)23-5-2-1-3-6-23/h1-15,21,26-27H,16,18-20H2,(H2,36,37). The molecule has 3 fully saturated rings. The number of benzene rings is 2. The number of nitrogens with two attached hydrogens (primary N) is 1. The normalized spacial score (nSPS) is 17.8. The highest BCUT2D eigenvalue weighted by molar-refractivity contribution is 5.84. The van der Waals surface area contributed by atoms with E-state index in [0.717, 1.165) is 59.1 Å². The van der Waals surface area contributed by atoms with E-state index in [0.29, 0.717) is 29.4 Å². The highest BCUT2D eigenvalue weighted by Gasteiger charge is 2.44. The van der Waals surface area contributed by atoms with Crippen molar-refractivity contribution in [3.63, 3.8) is 0 Å². The zero-order chi connectivity index (χ0) is 29.6. The summed E-state index contributed by atoms with van der Waals surface area (Å²) in [4.78, 5) is 27.6. The first-order valence-electron chi connectivity index (χ1n) is 14.6. The molecule has 0 aliphatic carbocycles. The molecule has 0 radical (unpaired) electrons. The molecule has 0 spiro atoms. The minimum atomic E-state index is 0.401. The first-order valence-corrected chi connectivity index (χ1v) is 14.6. The maximum atomic E-state index is 9.22. The third kappa shape index (κ3) is 4.51. The van der Waals surface area contributed by atoms with Crippen molar-refractivity contribution in [1.82, 2.24) is 34.4 Å². The summed E-state index contributed by atoms with van der Waals surface area (Å²) in [5, 5.41) is 9.22. The quantitative estimate of drug-likeness (QED) is 0.296. The number of hydrogen-bond donors (Lipinski definition) is 1. The third-order valence-electron chi connectivity index (χ3n) is 8.65. The maximum Gasteiger partial charge on any atom is 0.165 e. The molecule has 0 saturated carbocycles. The number of imidazole rings is 1. The van der Waals surface area contributed by atoms with Crippen LogP contribution < -0.4 is 10.6 Å². The number of nitriles is 1. The molecule has 2 N–H and O–H groups in total. The van der Waals surface area contributed by atoms with E-state index in [1.54, 1.807) is 12.3 Å². The van der Waals surface area contributed by atoms with E-state index in [2.05, 4.69) is 71.8 Å². The van der Waals surface area contributed by atoms with Crippen LogP contribution in [0, 0.1) is 11.3 Å². The van der Waals surface area contributed by atoms with Crippen LogP contribution in [0.4, 0.5) is 11.6 Å². The lowest BCUT2D eigenvalue weighted by Gasteiger charge is -2.56. The van der Waals surface area contributed by atoms with E-state index >= 15 is 0 Å². The largest absolute Gasteiger partial charge is 0.383 e. The molecular weight excluding hydrogens is 548 g/mol. The molecule has 2 aromatic carbocycles. The van der Waals surface area contributed by atoms with Gasteiger partial charge in [-0.2, -0.15) is 5.26 Å². The summed E-state index contributed by atoms with van der Waals surface area (Å²) in [5.74, 6) is 1.96. The number of hydrogen-bond acceptors (Lipinski definition) is 9. The third-order valence-corrected chi connectivity index (χ3v) is 8.65. The summed E-state index contributed by atoms with van der Waals surface area (Å²) in [6.45, 7) is 2.66. The average molecular weight is 577 g/mol. The molecule has 6 aromatic rings. The lowest BCUT2D eigenvalue weighted by atomic mass is 9.86. The second kappa shape index (κ2) is 10.6. The Balaban J connectivity index is 1.09. The Bertz CT molecular complexity index is 2020. The second-order valence-corrected chi connectivity index (χ2v) is 11.3. The highest BCUT2D eigenvalue weighted by Crippen LogP contribution is 2.36. The Morgan fingerprint density at radius 1 is 0.864 bits per heavy atom. The molecule has 9 rings (SSSR count). The number of anilines is 2. The Hall–Kier alpha value is -5.66. The number of piperazine rings is 1. The molecule has 3 aliphatic heterocycles. The fraction of sp³-hybridized carbons (Fsp3) is 0.176. The predicted molar refractivity (Wildman–Crippen MR) is 169 cm³/mol. The van der Waals surface area contributed by atoms with Gasteiger partial charge in [0.1, 0.15) is 35.2 Å². The summed E-state index contributed by atoms with van der Waals surface area (Å²) in [6.07, 6.45) is 4.34. The van der Waals surface area contributed by atoms with Crippen molar-refractivity contribution in [3.05, 3.63) is 109 Å². The van der Waals surface area contributed by atoms with Crippen molar-refractivity contribution in [2.75, 3.05) is 23.7 Å². The number of rotatable bonds is 6. The van der Waals surface area contributed by atoms with Crippen molar-refractivity contribution >= 4 is 22.8 Å². The molecule has 214 valence electrons. The number of nitrogens with zero attached hydrogens (tertiary/aromatic N) is 9. The van der Waals surface area contributed by atoms with Crippen LogP contribution >= 0.6 is 0 Å². The zero-order valence-corrected chi connectivity index (χ0v) is 23.8. The van der Waals surface area contributed by atoms with Crippen molar-refractivity contribution < 1.29 is 0 Å². The van der Waals surface area contributed by atoms with Crippen molar-refractivity contribution in [2.24, 2.45) is 0 Å². The van der Waals surface area contributed by atoms with Crippen LogP contribution in [0.2, 0.25) is 0 Å². The highest BCUT2D eigenvalue weighted by atomic mass is 15.4. The summed E-state index contributed by atoms with van der Waals surface area (Å²) in [7, 11) is 0. The van der Waals surface area contributed by atoms with E-state index in [-0.39, 0.29) is 0 Å². The topological polar surface area (TPSA) is 126 Å². The molecule has 7 heterocycles. The van der Waals surface area contributed by atoms with E-state index in [4.69, 9.17) is 15.7 Å². The van der Waals surface area contributed by atoms with Crippen LogP contribution in [0.15, 0.2) is 97.5 Å². The smallest absolute Gasteiger partial charge is 0.165 e. The summed E-state index contributed by atoms with van der Waals surface area (Å²) in [5.41, 5.74) is 13.2. The van der Waals surface area contributed by atoms with Gasteiger partial charge in [0.2, 0.25) is 0 Å². The van der Waals surface area contributed by atoms with Crippen LogP contribution in [0.25, 0.3) is 39.5 Å². The van der Waals surface area contributed by atoms with Gasteiger partial charge in [0.05, 0.1) is 11.3 Å². The fourth-order valence-corrected chi connectivity index (χ4v) is 6.43. The maximum absolute atomic E-state index is 9.22. The molecule has 2 atom stereocenters. The van der Waals surface area contributed by atoms with Gasteiger partial charge < -0.3 is 10.6 Å². The van der Waals surface area contributed by atoms with Crippen LogP contribution in [0.5, 0.6) is 0 Å². The molecule has 3 aliphatic rings. The molecule has 10 heteroatoms. The van der Waals surface area contributed by atoms with Crippen molar-refractivity contribution in [1.29, 1.82) is 5.26 Å². The van der Waals surface area contributed by atoms with E-state index in [9.17, 15) is 5.26 Å². The van der Waals surface area contributed by atoms with Gasteiger partial charge in [0, 0.05) is 55.2 Å². The summed E-state index contributed by atoms with van der Waals surface area (Å²) < 4.78 is 2.08. The predicted octanol–water partition coefficient (Wildman–Crippen LogP) is 4.86. The van der Waals surface area contributed by atoms with Gasteiger partial charge in [-0.1, -0.05) is 42.5 Å². The SMILES string of the molecule is N#Cc1cc(N2CC3CC(C2)N3Cc2ccc(-n3c(-c4cccnc4N)nc4ccc(-c5ccccc5)nc43)cc2)ncn1. The fourth-order valence-electron chi connectivity index (χ4n) is 6.43. The van der Waals surface area contributed by atoms with Crippen LogP contribution in [0.1, 0.15) is 17.7 Å². The Morgan fingerprint density at radius 3 is 2.45 bits per heavy atom. The molecular formula is C34H28N10. The molecule has 44 heavy (non-hydrogen) atoms. The van der Waals surface area contributed by atoms with Crippen molar-refractivity contribution in [3.8, 4) is 34.4 Å². The first kappa shape index (κ1) is 26.0. The van der Waals surface area contributed by atoms with Crippen LogP contribution in [0.3, 0.4) is 0 Å². The molecule has 10 nitrogen and oxygen atoms in total. The minimum absolute atomic E-state index is 0.401. The molecule has 3 saturated heterocycles. The van der Waals surface area contributed by atoms with E-state index in [1.807, 2.05) is 42.5 Å². The average Bonchev–Trinajstić information content (AvgIpc) is 3.46. The van der Waals surface area contributed by atoms with Gasteiger partial charge in [-0.25, -0.2) is 24.9 Å². The molecule has 4 aromatic heterocycles. The number of aromatic nitrogens is 6. The van der Waals surface area contributed by atoms with Gasteiger partial charge in [0.25, 0.3) is 0 Å². The molecule has 2 bridgehead atoms. The minimum Gasteiger partial charge on any atom is -0.383 e. The van der Waals surface area contributed by atoms with Crippen LogP contribution in [-0.2, 0) is 6.54 Å². The summed E-state index contributed by atoms with van der Waals surface area (Å²) >= 11 is 0. The van der Waals surface area contributed by atoms with Gasteiger partial charge in [-0.3, -0.25) is 9.47 Å². The Labute approximate surface area is 254 Å². The summed E-state index contributed by atoms with van der Waals surface area (Å²) in [6, 6.07) is 31.4. The number of fused-ring (bicyclic) bond motifs is 3. The Morgan fingerprint density at radius 2 is 1.68 bits per heavy atom. The number of pyridine rings is 2. The van der Waals surface area contributed by atoms with Gasteiger partial charge in [-0.15, -0.1) is 0 Å². The van der Waals surface area contributed by atoms with Gasteiger partial charge >= 0.3 is 0 Å². The van der Waals surface area contributed by atoms with Gasteiger partial charge in [0.15, 0.2) is 11.5 Å². The number of piperidine rings is 1. The van der Waals surface area contributed by atoms with Crippen LogP contribution in [-0.4, -0.2) is 59.6 Å². The van der Waals surface area contributed by atoms with E-state index in [1.165, 1.54) is 18.3 Å². The molecule has 0 amide bonds. The monoisotopic (exact) mass is 576 g/mol. The zero-order valence-electron chi connectivity index (χ0n) is 23.8. The Kier molecular flexibility index (Phi) is 6.24. The first-order chi connectivity index (χ1) is 21.6. The lowest BCUT2D eigenvalue weighted by molar-refractivity contribution is -0.00869. The molecule has 2 unspecified atom stereocenters. The lowest BCUT2D eigenvalue weighted by Crippen LogP contribution is -2.68.